The van der Waals surface area contributed by atoms with Crippen molar-refractivity contribution in [3.8, 4) is 12.3 Å². The third kappa shape index (κ3) is 3.56. The van der Waals surface area contributed by atoms with Crippen molar-refractivity contribution in [3.63, 3.8) is 0 Å². The van der Waals surface area contributed by atoms with E-state index in [1.54, 1.807) is 0 Å². The normalized spacial score (nSPS) is 20.7. The fourth-order valence-electron chi connectivity index (χ4n) is 1.89. The Morgan fingerprint density at radius 1 is 1.60 bits per heavy atom. The van der Waals surface area contributed by atoms with E-state index in [-0.39, 0.29) is 5.91 Å². The van der Waals surface area contributed by atoms with Gasteiger partial charge in [-0.3, -0.25) is 4.79 Å². The SMILES string of the molecule is C#CCCCC(=O)N1CCC(N(C)C)C1. The monoisotopic (exact) mass is 208 g/mol. The first-order valence-electron chi connectivity index (χ1n) is 5.53. The van der Waals surface area contributed by atoms with Crippen LogP contribution in [-0.2, 0) is 4.79 Å². The van der Waals surface area contributed by atoms with Crippen LogP contribution in [0.4, 0.5) is 0 Å². The van der Waals surface area contributed by atoms with E-state index in [2.05, 4.69) is 24.9 Å². The molecule has 0 bridgehead atoms. The van der Waals surface area contributed by atoms with Crippen molar-refractivity contribution < 1.29 is 4.79 Å². The van der Waals surface area contributed by atoms with Gasteiger partial charge in [0.1, 0.15) is 0 Å². The van der Waals surface area contributed by atoms with Crippen molar-refractivity contribution in [2.75, 3.05) is 27.2 Å². The molecule has 1 aliphatic rings. The van der Waals surface area contributed by atoms with Gasteiger partial charge in [0.25, 0.3) is 0 Å². The summed E-state index contributed by atoms with van der Waals surface area (Å²) in [5.74, 6) is 2.82. The second-order valence-corrected chi connectivity index (χ2v) is 4.30. The van der Waals surface area contributed by atoms with Crippen molar-refractivity contribution in [2.45, 2.75) is 31.7 Å². The van der Waals surface area contributed by atoms with Gasteiger partial charge in [-0.05, 0) is 26.9 Å². The van der Waals surface area contributed by atoms with E-state index >= 15 is 0 Å². The Morgan fingerprint density at radius 2 is 2.33 bits per heavy atom. The van der Waals surface area contributed by atoms with Gasteiger partial charge in [0.15, 0.2) is 0 Å². The molecule has 0 aromatic carbocycles. The fourth-order valence-corrected chi connectivity index (χ4v) is 1.89. The minimum atomic E-state index is 0.259. The molecule has 15 heavy (non-hydrogen) atoms. The van der Waals surface area contributed by atoms with E-state index in [9.17, 15) is 4.79 Å². The van der Waals surface area contributed by atoms with Gasteiger partial charge in [0.2, 0.25) is 5.91 Å². The number of likely N-dealkylation sites (tertiary alicyclic amines) is 1. The standard InChI is InChI=1S/C12H20N2O/c1-4-5-6-7-12(15)14-9-8-11(10-14)13(2)3/h1,11H,5-10H2,2-3H3. The lowest BCUT2D eigenvalue weighted by Gasteiger charge is -2.20. The zero-order chi connectivity index (χ0) is 11.3. The molecule has 1 atom stereocenters. The van der Waals surface area contributed by atoms with E-state index in [4.69, 9.17) is 6.42 Å². The van der Waals surface area contributed by atoms with Gasteiger partial charge in [0, 0.05) is 32.0 Å². The van der Waals surface area contributed by atoms with Crippen molar-refractivity contribution >= 4 is 5.91 Å². The van der Waals surface area contributed by atoms with Crippen LogP contribution in [0.3, 0.4) is 0 Å². The largest absolute Gasteiger partial charge is 0.341 e. The fraction of sp³-hybridized carbons (Fsp3) is 0.750. The summed E-state index contributed by atoms with van der Waals surface area (Å²) in [4.78, 5) is 15.9. The highest BCUT2D eigenvalue weighted by Gasteiger charge is 2.26. The lowest BCUT2D eigenvalue weighted by molar-refractivity contribution is -0.130. The first-order chi connectivity index (χ1) is 7.15. The van der Waals surface area contributed by atoms with Gasteiger partial charge in [-0.1, -0.05) is 0 Å². The summed E-state index contributed by atoms with van der Waals surface area (Å²) in [6, 6.07) is 0.529. The Labute approximate surface area is 92.4 Å². The highest BCUT2D eigenvalue weighted by atomic mass is 16.2. The number of terminal acetylenes is 1. The Hall–Kier alpha value is -1.01. The van der Waals surface area contributed by atoms with Crippen LogP contribution in [0.25, 0.3) is 0 Å². The topological polar surface area (TPSA) is 23.6 Å². The number of likely N-dealkylation sites (N-methyl/N-ethyl adjacent to an activating group) is 1. The second-order valence-electron chi connectivity index (χ2n) is 4.30. The molecule has 1 unspecified atom stereocenters. The molecule has 0 spiro atoms. The lowest BCUT2D eigenvalue weighted by Crippen LogP contribution is -2.34. The smallest absolute Gasteiger partial charge is 0.222 e. The molecule has 0 N–H and O–H groups in total. The molecule has 1 amide bonds. The highest BCUT2D eigenvalue weighted by Crippen LogP contribution is 2.14. The molecule has 1 heterocycles. The Bertz CT molecular complexity index is 255. The van der Waals surface area contributed by atoms with Gasteiger partial charge in [-0.2, -0.15) is 0 Å². The predicted octanol–water partition coefficient (Wildman–Crippen LogP) is 0.952. The summed E-state index contributed by atoms with van der Waals surface area (Å²) in [6.07, 6.45) is 8.36. The summed E-state index contributed by atoms with van der Waals surface area (Å²) < 4.78 is 0. The molecule has 3 heteroatoms. The maximum Gasteiger partial charge on any atom is 0.222 e. The van der Waals surface area contributed by atoms with Crippen LogP contribution in [0, 0.1) is 12.3 Å². The minimum Gasteiger partial charge on any atom is -0.341 e. The molecular formula is C12H20N2O. The highest BCUT2D eigenvalue weighted by molar-refractivity contribution is 5.76. The van der Waals surface area contributed by atoms with Crippen LogP contribution in [-0.4, -0.2) is 48.9 Å². The van der Waals surface area contributed by atoms with Crippen LogP contribution in [0.5, 0.6) is 0 Å². The average Bonchev–Trinajstić information content (AvgIpc) is 2.66. The quantitative estimate of drug-likeness (QED) is 0.507. The van der Waals surface area contributed by atoms with E-state index in [0.29, 0.717) is 18.9 Å². The molecule has 0 radical (unpaired) electrons. The molecule has 84 valence electrons. The van der Waals surface area contributed by atoms with E-state index in [1.807, 2.05) is 4.90 Å². The number of amides is 1. The van der Waals surface area contributed by atoms with Crippen LogP contribution < -0.4 is 0 Å². The first kappa shape index (κ1) is 12.1. The summed E-state index contributed by atoms with van der Waals surface area (Å²) in [6.45, 7) is 1.78. The maximum absolute atomic E-state index is 11.7. The second kappa shape index (κ2) is 5.77. The predicted molar refractivity (Wildman–Crippen MR) is 61.4 cm³/mol. The van der Waals surface area contributed by atoms with Crippen molar-refractivity contribution in [1.82, 2.24) is 9.80 Å². The van der Waals surface area contributed by atoms with Crippen LogP contribution >= 0.6 is 0 Å². The van der Waals surface area contributed by atoms with Gasteiger partial charge in [-0.15, -0.1) is 12.3 Å². The summed E-state index contributed by atoms with van der Waals surface area (Å²) in [5.41, 5.74) is 0. The van der Waals surface area contributed by atoms with Gasteiger partial charge in [0.05, 0.1) is 0 Å². The van der Waals surface area contributed by atoms with Crippen molar-refractivity contribution in [1.29, 1.82) is 0 Å². The molecule has 1 aliphatic heterocycles. The van der Waals surface area contributed by atoms with E-state index in [1.165, 1.54) is 0 Å². The lowest BCUT2D eigenvalue weighted by atomic mass is 10.2. The van der Waals surface area contributed by atoms with Crippen LogP contribution in [0.15, 0.2) is 0 Å². The number of unbranched alkanes of at least 4 members (excludes halogenated alkanes) is 1. The zero-order valence-corrected chi connectivity index (χ0v) is 9.70. The third-order valence-corrected chi connectivity index (χ3v) is 2.96. The van der Waals surface area contributed by atoms with E-state index < -0.39 is 0 Å². The molecule has 1 saturated heterocycles. The molecule has 3 nitrogen and oxygen atoms in total. The maximum atomic E-state index is 11.7. The molecular weight excluding hydrogens is 188 g/mol. The first-order valence-corrected chi connectivity index (χ1v) is 5.53. The zero-order valence-electron chi connectivity index (χ0n) is 9.70. The number of rotatable bonds is 4. The number of hydrogen-bond donors (Lipinski definition) is 0. The Morgan fingerprint density at radius 3 is 2.87 bits per heavy atom. The number of carbonyl (C=O) groups excluding carboxylic acids is 1. The van der Waals surface area contributed by atoms with E-state index in [0.717, 1.165) is 25.9 Å². The summed E-state index contributed by atoms with van der Waals surface area (Å²) in [7, 11) is 4.13. The summed E-state index contributed by atoms with van der Waals surface area (Å²) in [5, 5.41) is 0. The van der Waals surface area contributed by atoms with Crippen molar-refractivity contribution in [2.24, 2.45) is 0 Å². The number of nitrogens with zero attached hydrogens (tertiary/aromatic N) is 2. The van der Waals surface area contributed by atoms with Crippen LogP contribution in [0.2, 0.25) is 0 Å². The molecule has 0 aromatic heterocycles. The minimum absolute atomic E-state index is 0.259. The Kier molecular flexibility index (Phi) is 4.64. The Balaban J connectivity index is 2.28. The number of hydrogen-bond acceptors (Lipinski definition) is 2. The van der Waals surface area contributed by atoms with Crippen molar-refractivity contribution in [3.05, 3.63) is 0 Å². The third-order valence-electron chi connectivity index (χ3n) is 2.96. The molecule has 1 rings (SSSR count). The molecule has 0 aromatic rings. The molecule has 0 saturated carbocycles. The van der Waals surface area contributed by atoms with Gasteiger partial charge < -0.3 is 9.80 Å². The molecule has 0 aliphatic carbocycles. The van der Waals surface area contributed by atoms with Crippen LogP contribution in [0.1, 0.15) is 25.7 Å². The summed E-state index contributed by atoms with van der Waals surface area (Å²) >= 11 is 0. The van der Waals surface area contributed by atoms with Gasteiger partial charge in [-0.25, -0.2) is 0 Å². The molecule has 1 fully saturated rings. The average molecular weight is 208 g/mol. The number of carbonyl (C=O) groups is 1. The van der Waals surface area contributed by atoms with Gasteiger partial charge >= 0.3 is 0 Å².